The fourth-order valence-corrected chi connectivity index (χ4v) is 1.58. The van der Waals surface area contributed by atoms with Crippen LogP contribution in [-0.4, -0.2) is 22.1 Å². The molecule has 88 valence electrons. The Hall–Kier alpha value is -1.59. The Balaban J connectivity index is 2.48. The molecule has 0 unspecified atom stereocenters. The van der Waals surface area contributed by atoms with Crippen LogP contribution in [0.1, 0.15) is 5.82 Å². The summed E-state index contributed by atoms with van der Waals surface area (Å²) in [5.74, 6) is -0.0446. The second-order valence-corrected chi connectivity index (χ2v) is 3.67. The van der Waals surface area contributed by atoms with Gasteiger partial charge in [0.25, 0.3) is 0 Å². The molecule has 0 saturated carbocycles. The topological polar surface area (TPSA) is 47.9 Å². The fraction of sp³-hybridized carbons (Fsp3) is 0.182. The maximum absolute atomic E-state index is 13.5. The molecule has 2 heterocycles. The number of ether oxygens (including phenoxy) is 1. The first-order valence-corrected chi connectivity index (χ1v) is 5.21. The van der Waals surface area contributed by atoms with Crippen LogP contribution in [-0.2, 0) is 11.3 Å². The SMILES string of the molecule is COCc1nc(Cl)cc(-c2ccncc2F)n1. The smallest absolute Gasteiger partial charge is 0.156 e. The molecule has 4 nitrogen and oxygen atoms in total. The van der Waals surface area contributed by atoms with E-state index in [1.807, 2.05) is 0 Å². The van der Waals surface area contributed by atoms with Crippen molar-refractivity contribution in [3.63, 3.8) is 0 Å². The van der Waals surface area contributed by atoms with Gasteiger partial charge in [0.15, 0.2) is 11.6 Å². The van der Waals surface area contributed by atoms with Crippen molar-refractivity contribution in [2.45, 2.75) is 6.61 Å². The van der Waals surface area contributed by atoms with Crippen molar-refractivity contribution < 1.29 is 9.13 Å². The average Bonchev–Trinajstić information content (AvgIpc) is 2.29. The lowest BCUT2D eigenvalue weighted by molar-refractivity contribution is 0.178. The maximum Gasteiger partial charge on any atom is 0.156 e. The highest BCUT2D eigenvalue weighted by Crippen LogP contribution is 2.22. The van der Waals surface area contributed by atoms with Gasteiger partial charge in [0, 0.05) is 24.9 Å². The van der Waals surface area contributed by atoms with E-state index in [2.05, 4.69) is 15.0 Å². The predicted molar refractivity (Wildman–Crippen MR) is 60.9 cm³/mol. The molecule has 0 amide bonds. The normalized spacial score (nSPS) is 10.5. The van der Waals surface area contributed by atoms with E-state index in [0.717, 1.165) is 6.20 Å². The van der Waals surface area contributed by atoms with Gasteiger partial charge in [0.1, 0.15) is 11.8 Å². The fourth-order valence-electron chi connectivity index (χ4n) is 1.38. The number of hydrogen-bond acceptors (Lipinski definition) is 4. The number of methoxy groups -OCH3 is 1. The first-order chi connectivity index (χ1) is 8.20. The molecule has 0 bridgehead atoms. The van der Waals surface area contributed by atoms with Crippen molar-refractivity contribution in [2.24, 2.45) is 0 Å². The number of hydrogen-bond donors (Lipinski definition) is 0. The van der Waals surface area contributed by atoms with Gasteiger partial charge < -0.3 is 4.74 Å². The maximum atomic E-state index is 13.5. The summed E-state index contributed by atoms with van der Waals surface area (Å²) in [5, 5.41) is 0.248. The molecule has 17 heavy (non-hydrogen) atoms. The van der Waals surface area contributed by atoms with Gasteiger partial charge in [-0.05, 0) is 6.07 Å². The highest BCUT2D eigenvalue weighted by molar-refractivity contribution is 6.29. The molecule has 0 aliphatic rings. The van der Waals surface area contributed by atoms with Crippen LogP contribution < -0.4 is 0 Å². The van der Waals surface area contributed by atoms with Gasteiger partial charge in [-0.3, -0.25) is 4.98 Å². The lowest BCUT2D eigenvalue weighted by Gasteiger charge is -2.05. The summed E-state index contributed by atoms with van der Waals surface area (Å²) in [5.41, 5.74) is 0.749. The quantitative estimate of drug-likeness (QED) is 0.789. The summed E-state index contributed by atoms with van der Waals surface area (Å²) >= 11 is 5.84. The molecular weight excluding hydrogens is 245 g/mol. The van der Waals surface area contributed by atoms with Gasteiger partial charge >= 0.3 is 0 Å². The van der Waals surface area contributed by atoms with Crippen molar-refractivity contribution in [2.75, 3.05) is 7.11 Å². The minimum Gasteiger partial charge on any atom is -0.377 e. The molecule has 0 aliphatic carbocycles. The molecule has 0 aromatic carbocycles. The Kier molecular flexibility index (Phi) is 3.61. The van der Waals surface area contributed by atoms with Crippen molar-refractivity contribution in [1.82, 2.24) is 15.0 Å². The number of nitrogens with zero attached hydrogens (tertiary/aromatic N) is 3. The standard InChI is InChI=1S/C11H9ClFN3O/c1-17-6-11-15-9(4-10(12)16-11)7-2-3-14-5-8(7)13/h2-5H,6H2,1H3. The van der Waals surface area contributed by atoms with E-state index in [4.69, 9.17) is 16.3 Å². The van der Waals surface area contributed by atoms with E-state index in [1.165, 1.54) is 25.4 Å². The van der Waals surface area contributed by atoms with Crippen LogP contribution in [0.15, 0.2) is 24.5 Å². The molecule has 0 saturated heterocycles. The second-order valence-electron chi connectivity index (χ2n) is 3.28. The average molecular weight is 254 g/mol. The van der Waals surface area contributed by atoms with Crippen molar-refractivity contribution in [3.05, 3.63) is 41.3 Å². The minimum atomic E-state index is -0.453. The van der Waals surface area contributed by atoms with E-state index in [-0.39, 0.29) is 11.8 Å². The Morgan fingerprint density at radius 3 is 2.94 bits per heavy atom. The van der Waals surface area contributed by atoms with Crippen molar-refractivity contribution in [3.8, 4) is 11.3 Å². The van der Waals surface area contributed by atoms with Crippen LogP contribution in [0.2, 0.25) is 5.15 Å². The molecule has 2 aromatic heterocycles. The van der Waals surface area contributed by atoms with Gasteiger partial charge in [-0.1, -0.05) is 11.6 Å². The zero-order chi connectivity index (χ0) is 12.3. The first kappa shape index (κ1) is 11.9. The second kappa shape index (κ2) is 5.16. The van der Waals surface area contributed by atoms with Crippen LogP contribution in [0, 0.1) is 5.82 Å². The number of halogens is 2. The van der Waals surface area contributed by atoms with Crippen LogP contribution in [0.3, 0.4) is 0 Å². The Morgan fingerprint density at radius 1 is 1.41 bits per heavy atom. The third kappa shape index (κ3) is 2.75. The molecular formula is C11H9ClFN3O. The van der Waals surface area contributed by atoms with Gasteiger partial charge in [-0.25, -0.2) is 14.4 Å². The van der Waals surface area contributed by atoms with E-state index in [9.17, 15) is 4.39 Å². The highest BCUT2D eigenvalue weighted by atomic mass is 35.5. The Bertz CT molecular complexity index is 536. The number of aromatic nitrogens is 3. The largest absolute Gasteiger partial charge is 0.377 e. The first-order valence-electron chi connectivity index (χ1n) is 4.83. The molecule has 0 atom stereocenters. The molecule has 0 fully saturated rings. The number of pyridine rings is 1. The van der Waals surface area contributed by atoms with Crippen LogP contribution in [0.25, 0.3) is 11.3 Å². The molecule has 2 rings (SSSR count). The molecule has 0 N–H and O–H groups in total. The van der Waals surface area contributed by atoms with Crippen LogP contribution in [0.5, 0.6) is 0 Å². The summed E-state index contributed by atoms with van der Waals surface area (Å²) in [6.45, 7) is 0.222. The van der Waals surface area contributed by atoms with E-state index < -0.39 is 5.82 Å². The van der Waals surface area contributed by atoms with E-state index in [1.54, 1.807) is 0 Å². The third-order valence-electron chi connectivity index (χ3n) is 2.06. The third-order valence-corrected chi connectivity index (χ3v) is 2.26. The molecule has 6 heteroatoms. The number of rotatable bonds is 3. The molecule has 0 spiro atoms. The summed E-state index contributed by atoms with van der Waals surface area (Å²) in [6, 6.07) is 3.03. The lowest BCUT2D eigenvalue weighted by atomic mass is 10.2. The summed E-state index contributed by atoms with van der Waals surface area (Å²) < 4.78 is 18.4. The highest BCUT2D eigenvalue weighted by Gasteiger charge is 2.09. The van der Waals surface area contributed by atoms with Crippen LogP contribution >= 0.6 is 11.6 Å². The lowest BCUT2D eigenvalue weighted by Crippen LogP contribution is -1.99. The van der Waals surface area contributed by atoms with E-state index in [0.29, 0.717) is 17.1 Å². The summed E-state index contributed by atoms with van der Waals surface area (Å²) in [7, 11) is 1.52. The summed E-state index contributed by atoms with van der Waals surface area (Å²) in [6.07, 6.45) is 2.62. The summed E-state index contributed by atoms with van der Waals surface area (Å²) in [4.78, 5) is 11.8. The zero-order valence-electron chi connectivity index (χ0n) is 9.02. The monoisotopic (exact) mass is 253 g/mol. The Labute approximate surface area is 102 Å². The van der Waals surface area contributed by atoms with Crippen molar-refractivity contribution in [1.29, 1.82) is 0 Å². The predicted octanol–water partition coefficient (Wildman–Crippen LogP) is 2.48. The molecule has 0 radical (unpaired) electrons. The van der Waals surface area contributed by atoms with Gasteiger partial charge in [0.05, 0.1) is 11.9 Å². The van der Waals surface area contributed by atoms with Gasteiger partial charge in [0.2, 0.25) is 0 Å². The van der Waals surface area contributed by atoms with Crippen LogP contribution in [0.4, 0.5) is 4.39 Å². The molecule has 0 aliphatic heterocycles. The van der Waals surface area contributed by atoms with Gasteiger partial charge in [-0.15, -0.1) is 0 Å². The zero-order valence-corrected chi connectivity index (χ0v) is 9.78. The molecule has 2 aromatic rings. The van der Waals surface area contributed by atoms with E-state index >= 15 is 0 Å². The van der Waals surface area contributed by atoms with Gasteiger partial charge in [-0.2, -0.15) is 0 Å². The Morgan fingerprint density at radius 2 is 2.24 bits per heavy atom. The minimum absolute atomic E-state index is 0.222. The van der Waals surface area contributed by atoms with Crippen molar-refractivity contribution >= 4 is 11.6 Å².